The van der Waals surface area contributed by atoms with Crippen LogP contribution in [0.2, 0.25) is 0 Å². The fourth-order valence-corrected chi connectivity index (χ4v) is 7.23. The SMILES string of the molecule is CC(C)C(=O)O[C@@H]1[C@@H](CO[P@@](=O)(N[C@@H](C)C(=O)OC2CCCC2)Oc2ccccc2)O[C@@](C#N)(c2ccc3c(N)ncnn23)[C@]1(C)O. The molecule has 0 unspecified atom stereocenters. The highest BCUT2D eigenvalue weighted by molar-refractivity contribution is 7.52. The number of hydrogen-bond donors (Lipinski definition) is 3. The minimum atomic E-state index is -4.40. The van der Waals surface area contributed by atoms with Crippen LogP contribution in [0.1, 0.15) is 59.1 Å². The number of para-hydroxylation sites is 1. The molecule has 1 aliphatic heterocycles. The first kappa shape index (κ1) is 34.3. The van der Waals surface area contributed by atoms with Crippen molar-refractivity contribution in [2.75, 3.05) is 12.3 Å². The average molecular weight is 671 g/mol. The van der Waals surface area contributed by atoms with Gasteiger partial charge < -0.3 is 29.6 Å². The van der Waals surface area contributed by atoms with Crippen molar-refractivity contribution in [3.8, 4) is 11.8 Å². The summed E-state index contributed by atoms with van der Waals surface area (Å²) in [4.78, 5) is 29.8. The van der Waals surface area contributed by atoms with Gasteiger partial charge in [0.05, 0.1) is 18.2 Å². The van der Waals surface area contributed by atoms with Crippen molar-refractivity contribution in [2.24, 2.45) is 5.92 Å². The minimum Gasteiger partial charge on any atom is -0.461 e. The molecule has 0 bridgehead atoms. The van der Waals surface area contributed by atoms with Crippen LogP contribution in [0.4, 0.5) is 5.82 Å². The Morgan fingerprint density at radius 3 is 2.53 bits per heavy atom. The van der Waals surface area contributed by atoms with Crippen molar-refractivity contribution in [3.63, 3.8) is 0 Å². The number of rotatable bonds is 12. The summed E-state index contributed by atoms with van der Waals surface area (Å²) in [5.41, 5.74) is 2.03. The van der Waals surface area contributed by atoms with E-state index >= 15 is 0 Å². The zero-order valence-corrected chi connectivity index (χ0v) is 27.5. The number of anilines is 1. The first-order chi connectivity index (χ1) is 22.3. The number of nitrogens with one attached hydrogen (secondary N) is 1. The lowest BCUT2D eigenvalue weighted by Crippen LogP contribution is -2.54. The van der Waals surface area contributed by atoms with E-state index in [1.165, 1.54) is 30.8 Å². The predicted molar refractivity (Wildman–Crippen MR) is 166 cm³/mol. The number of aromatic nitrogens is 3. The zero-order chi connectivity index (χ0) is 34.0. The highest BCUT2D eigenvalue weighted by Gasteiger charge is 2.67. The molecule has 0 radical (unpaired) electrons. The second kappa shape index (κ2) is 13.6. The standard InChI is InChI=1S/C31H39N6O9P/c1-19(2)28(38)44-26-24(45-31(17-32,30(26,4)40)25-15-14-23-27(33)34-18-35-37(23)25)16-42-47(41,46-22-12-6-5-7-13-22)36-20(3)29(39)43-21-10-8-9-11-21/h5-7,12-15,18-21,24,26,40H,8-11,16H2,1-4H3,(H,36,41)(H2,33,34,35)/t20-,24+,26+,30+,31-,47-/m0/s1. The van der Waals surface area contributed by atoms with Crippen LogP contribution < -0.4 is 15.3 Å². The maximum Gasteiger partial charge on any atom is 0.459 e. The van der Waals surface area contributed by atoms with Gasteiger partial charge in [0.25, 0.3) is 0 Å². The maximum absolute atomic E-state index is 14.3. The molecular formula is C31H39N6O9P. The fraction of sp³-hybridized carbons (Fsp3) is 0.516. The Kier molecular flexibility index (Phi) is 9.91. The average Bonchev–Trinajstić information content (AvgIpc) is 3.75. The van der Waals surface area contributed by atoms with Gasteiger partial charge in [0.15, 0.2) is 11.9 Å². The molecule has 0 spiro atoms. The van der Waals surface area contributed by atoms with Crippen molar-refractivity contribution in [1.82, 2.24) is 19.7 Å². The van der Waals surface area contributed by atoms with E-state index in [9.17, 15) is 24.5 Å². The first-order valence-corrected chi connectivity index (χ1v) is 16.9. The van der Waals surface area contributed by atoms with Crippen molar-refractivity contribution in [3.05, 3.63) is 54.5 Å². The zero-order valence-electron chi connectivity index (χ0n) is 26.6. The highest BCUT2D eigenvalue weighted by atomic mass is 31.2. The van der Waals surface area contributed by atoms with E-state index in [0.29, 0.717) is 5.52 Å². The molecule has 0 amide bonds. The van der Waals surface area contributed by atoms with E-state index in [1.807, 2.05) is 6.07 Å². The van der Waals surface area contributed by atoms with Crippen molar-refractivity contribution in [1.29, 1.82) is 5.26 Å². The molecular weight excluding hydrogens is 631 g/mol. The smallest absolute Gasteiger partial charge is 0.459 e. The molecule has 3 heterocycles. The van der Waals surface area contributed by atoms with E-state index in [1.54, 1.807) is 50.2 Å². The summed E-state index contributed by atoms with van der Waals surface area (Å²) in [6.45, 7) is 5.36. The van der Waals surface area contributed by atoms with Crippen LogP contribution in [0.15, 0.2) is 48.8 Å². The molecule has 1 saturated heterocycles. The quantitative estimate of drug-likeness (QED) is 0.186. The predicted octanol–water partition coefficient (Wildman–Crippen LogP) is 3.42. The van der Waals surface area contributed by atoms with Crippen LogP contribution in [-0.2, 0) is 38.5 Å². The first-order valence-electron chi connectivity index (χ1n) is 15.4. The molecule has 15 nitrogen and oxygen atoms in total. The molecule has 2 aliphatic rings. The number of nitrogen functional groups attached to an aromatic ring is 1. The molecule has 1 aromatic carbocycles. The highest BCUT2D eigenvalue weighted by Crippen LogP contribution is 2.51. The Morgan fingerprint density at radius 2 is 1.87 bits per heavy atom. The van der Waals surface area contributed by atoms with Gasteiger partial charge in [0.2, 0.25) is 5.60 Å². The molecule has 2 aromatic heterocycles. The fourth-order valence-electron chi connectivity index (χ4n) is 5.72. The molecule has 1 aliphatic carbocycles. The number of nitriles is 1. The van der Waals surface area contributed by atoms with Crippen LogP contribution in [0.3, 0.4) is 0 Å². The number of fused-ring (bicyclic) bond motifs is 1. The number of hydrogen-bond acceptors (Lipinski definition) is 13. The van der Waals surface area contributed by atoms with Crippen LogP contribution >= 0.6 is 7.75 Å². The van der Waals surface area contributed by atoms with Crippen LogP contribution in [0.5, 0.6) is 5.75 Å². The summed E-state index contributed by atoms with van der Waals surface area (Å²) >= 11 is 0. The molecule has 3 aromatic rings. The van der Waals surface area contributed by atoms with Gasteiger partial charge in [-0.2, -0.15) is 15.4 Å². The van der Waals surface area contributed by atoms with E-state index in [0.717, 1.165) is 25.7 Å². The van der Waals surface area contributed by atoms with Crippen LogP contribution in [0, 0.1) is 17.2 Å². The molecule has 6 atom stereocenters. The lowest BCUT2D eigenvalue weighted by Gasteiger charge is -2.34. The second-order valence-electron chi connectivity index (χ2n) is 12.2. The van der Waals surface area contributed by atoms with Crippen LogP contribution in [0.25, 0.3) is 5.52 Å². The molecule has 2 fully saturated rings. The lowest BCUT2D eigenvalue weighted by molar-refractivity contribution is -0.168. The van der Waals surface area contributed by atoms with E-state index < -0.39 is 61.7 Å². The van der Waals surface area contributed by atoms with E-state index in [4.69, 9.17) is 29.0 Å². The van der Waals surface area contributed by atoms with E-state index in [2.05, 4.69) is 15.2 Å². The van der Waals surface area contributed by atoms with Crippen LogP contribution in [-0.4, -0.2) is 68.2 Å². The Morgan fingerprint density at radius 1 is 1.17 bits per heavy atom. The van der Waals surface area contributed by atoms with Gasteiger partial charge in [0.1, 0.15) is 47.5 Å². The van der Waals surface area contributed by atoms with Crippen molar-refractivity contribution in [2.45, 2.75) is 88.9 Å². The molecule has 4 N–H and O–H groups in total. The number of carbonyl (C=O) groups excluding carboxylic acids is 2. The number of ether oxygens (including phenoxy) is 3. The molecule has 47 heavy (non-hydrogen) atoms. The summed E-state index contributed by atoms with van der Waals surface area (Å²) in [5, 5.41) is 29.5. The van der Waals surface area contributed by atoms with Gasteiger partial charge in [-0.3, -0.25) is 14.1 Å². The van der Waals surface area contributed by atoms with Gasteiger partial charge >= 0.3 is 19.7 Å². The number of benzene rings is 1. The summed E-state index contributed by atoms with van der Waals surface area (Å²) < 4.78 is 44.8. The topological polar surface area (TPSA) is 210 Å². The van der Waals surface area contributed by atoms with Gasteiger partial charge in [-0.1, -0.05) is 32.0 Å². The van der Waals surface area contributed by atoms with E-state index in [-0.39, 0.29) is 23.4 Å². The Balaban J connectivity index is 1.47. The molecule has 1 saturated carbocycles. The largest absolute Gasteiger partial charge is 0.461 e. The second-order valence-corrected chi connectivity index (χ2v) is 13.9. The van der Waals surface area contributed by atoms with Gasteiger partial charge in [-0.15, -0.1) is 0 Å². The van der Waals surface area contributed by atoms with Gasteiger partial charge in [-0.25, -0.2) is 14.1 Å². The van der Waals surface area contributed by atoms with Crippen molar-refractivity contribution >= 4 is 31.0 Å². The normalized spacial score (nSPS) is 26.5. The summed E-state index contributed by atoms with van der Waals surface area (Å²) in [6.07, 6.45) is 1.49. The lowest BCUT2D eigenvalue weighted by atomic mass is 9.80. The Bertz CT molecular complexity index is 1690. The molecule has 16 heteroatoms. The summed E-state index contributed by atoms with van der Waals surface area (Å²) in [7, 11) is -4.40. The number of carbonyl (C=O) groups is 2. The molecule has 5 rings (SSSR count). The summed E-state index contributed by atoms with van der Waals surface area (Å²) in [5.74, 6) is -1.64. The molecule has 252 valence electrons. The van der Waals surface area contributed by atoms with Gasteiger partial charge in [0, 0.05) is 0 Å². The minimum absolute atomic E-state index is 0.0762. The Labute approximate surface area is 271 Å². The third-order valence-corrected chi connectivity index (χ3v) is 9.96. The van der Waals surface area contributed by atoms with Gasteiger partial charge in [-0.05, 0) is 63.8 Å². The number of aliphatic hydroxyl groups is 1. The number of nitrogens with zero attached hydrogens (tertiary/aromatic N) is 4. The summed E-state index contributed by atoms with van der Waals surface area (Å²) in [6, 6.07) is 12.1. The number of esters is 2. The number of nitrogens with two attached hydrogens (primary N) is 1. The van der Waals surface area contributed by atoms with Crippen molar-refractivity contribution < 1.29 is 42.5 Å². The third-order valence-electron chi connectivity index (χ3n) is 8.31. The maximum atomic E-state index is 14.3. The monoisotopic (exact) mass is 670 g/mol. The Hall–Kier alpha value is -4.06. The third kappa shape index (κ3) is 6.83.